The van der Waals surface area contributed by atoms with Gasteiger partial charge < -0.3 is 28.4 Å². The molecular weight excluding hydrogens is 1160 g/mol. The van der Waals surface area contributed by atoms with E-state index >= 15 is 0 Å². The highest BCUT2D eigenvalue weighted by Gasteiger charge is 2.23. The average molecular weight is 1280 g/mol. The van der Waals surface area contributed by atoms with E-state index in [9.17, 15) is 0 Å². The maximum Gasteiger partial charge on any atom is 0.203 e. The molecule has 0 aliphatic rings. The van der Waals surface area contributed by atoms with Crippen LogP contribution in [-0.4, -0.2) is 39.6 Å². The number of rotatable bonds is 54. The molecule has 0 aliphatic carbocycles. The van der Waals surface area contributed by atoms with Crippen molar-refractivity contribution < 1.29 is 37.6 Å². The summed E-state index contributed by atoms with van der Waals surface area (Å²) in [5, 5.41) is 4.95. The zero-order valence-electron chi connectivity index (χ0n) is 60.0. The number of hydrogen-bond acceptors (Lipinski definition) is 6. The first-order chi connectivity index (χ1) is 46.5. The fourth-order valence-corrected chi connectivity index (χ4v) is 13.2. The van der Waals surface area contributed by atoms with Gasteiger partial charge in [0, 0.05) is 35.4 Å². The summed E-state index contributed by atoms with van der Waals surface area (Å²) in [5.74, 6) is 4.78. The van der Waals surface area contributed by atoms with Gasteiger partial charge in [-0.25, -0.2) is 9.13 Å². The van der Waals surface area contributed by atoms with Crippen LogP contribution < -0.4 is 37.6 Å². The summed E-state index contributed by atoms with van der Waals surface area (Å²) in [5.41, 5.74) is 7.16. The van der Waals surface area contributed by atoms with Crippen LogP contribution in [0.1, 0.15) is 284 Å². The van der Waals surface area contributed by atoms with E-state index in [0.717, 1.165) is 84.1 Å². The first-order valence-corrected chi connectivity index (χ1v) is 38.5. The van der Waals surface area contributed by atoms with Crippen LogP contribution in [0.4, 0.5) is 0 Å². The lowest BCUT2D eigenvalue weighted by atomic mass is 9.86. The first kappa shape index (κ1) is 75.1. The predicted octanol–water partition coefficient (Wildman–Crippen LogP) is 24.4. The Balaban J connectivity index is 1.15. The first-order valence-electron chi connectivity index (χ1n) is 38.5. The smallest absolute Gasteiger partial charge is 0.203 e. The van der Waals surface area contributed by atoms with E-state index in [4.69, 9.17) is 28.4 Å². The van der Waals surface area contributed by atoms with E-state index in [1.165, 1.54) is 236 Å². The number of ether oxygens (including phenoxy) is 6. The van der Waals surface area contributed by atoms with Gasteiger partial charge in [0.15, 0.2) is 60.9 Å². The Hall–Kier alpha value is -6.28. The Morgan fingerprint density at radius 3 is 0.691 bits per heavy atom. The topological polar surface area (TPSA) is 63.1 Å². The molecule has 94 heavy (non-hydrogen) atoms. The highest BCUT2D eigenvalue weighted by Crippen LogP contribution is 2.45. The number of hydrogen-bond donors (Lipinski definition) is 0. The second-order valence-corrected chi connectivity index (χ2v) is 26.9. The van der Waals surface area contributed by atoms with Crippen molar-refractivity contribution in [1.82, 2.24) is 0 Å². The van der Waals surface area contributed by atoms with E-state index in [2.05, 4.69) is 173 Å². The summed E-state index contributed by atoms with van der Waals surface area (Å²) in [4.78, 5) is 0. The van der Waals surface area contributed by atoms with Crippen molar-refractivity contribution in [2.24, 2.45) is 0 Å². The maximum atomic E-state index is 6.73. The Bertz CT molecular complexity index is 2790. The molecule has 0 radical (unpaired) electrons. The van der Waals surface area contributed by atoms with Crippen molar-refractivity contribution in [1.29, 1.82) is 0 Å². The molecule has 0 amide bonds. The number of fused-ring (bicyclic) bond motifs is 2. The van der Waals surface area contributed by atoms with E-state index in [0.29, 0.717) is 52.7 Å². The lowest BCUT2D eigenvalue weighted by Gasteiger charge is -2.19. The van der Waals surface area contributed by atoms with Crippen LogP contribution in [0.25, 0.3) is 43.8 Å². The fourth-order valence-electron chi connectivity index (χ4n) is 13.2. The zero-order valence-corrected chi connectivity index (χ0v) is 60.0. The number of aromatic nitrogens is 2. The third-order valence-electron chi connectivity index (χ3n) is 18.7. The van der Waals surface area contributed by atoms with Gasteiger partial charge in [-0.2, -0.15) is 0 Å². The third-order valence-corrected chi connectivity index (χ3v) is 18.7. The summed E-state index contributed by atoms with van der Waals surface area (Å²) in [7, 11) is 0. The predicted molar refractivity (Wildman–Crippen MR) is 397 cm³/mol. The highest BCUT2D eigenvalue weighted by atomic mass is 16.5. The van der Waals surface area contributed by atoms with Gasteiger partial charge in [0.25, 0.3) is 0 Å². The van der Waals surface area contributed by atoms with Gasteiger partial charge in [0.1, 0.15) is 0 Å². The number of unbranched alkanes of at least 4 members (excludes halogenated alkanes) is 30. The number of pyridine rings is 2. The lowest BCUT2D eigenvalue weighted by molar-refractivity contribution is -0.688. The largest absolute Gasteiger partial charge is 0.490 e. The SMILES string of the molecule is CCCCCCCCOc1cc(C[n+]2ccc(-c3c4ccccc4c(-c4cc[n+](Cc5cc(OCCCCCCCC)c(OCCCCCCCC)c(OCCCCCCCC)c5)cc4)c4ccccc34)cc2)cc(OCCCCCCCC)c1OCCCCCCCC. The van der Waals surface area contributed by atoms with Gasteiger partial charge >= 0.3 is 0 Å². The molecule has 0 unspecified atom stereocenters. The van der Waals surface area contributed by atoms with E-state index in [1.54, 1.807) is 0 Å². The monoisotopic (exact) mass is 1280 g/mol. The average Bonchev–Trinajstić information content (AvgIpc) is 0.740. The minimum absolute atomic E-state index is 0.664. The Labute approximate surface area is 571 Å². The molecule has 0 saturated heterocycles. The molecule has 0 fully saturated rings. The second-order valence-electron chi connectivity index (χ2n) is 26.9. The lowest BCUT2D eigenvalue weighted by Crippen LogP contribution is -2.33. The molecule has 0 bridgehead atoms. The van der Waals surface area contributed by atoms with Crippen LogP contribution in [-0.2, 0) is 13.1 Å². The molecule has 0 N–H and O–H groups in total. The third kappa shape index (κ3) is 26.0. The molecule has 0 aliphatic heterocycles. The number of nitrogens with zero attached hydrogens (tertiary/aromatic N) is 2. The van der Waals surface area contributed by atoms with Crippen molar-refractivity contribution in [3.8, 4) is 56.8 Å². The van der Waals surface area contributed by atoms with Gasteiger partial charge in [-0.3, -0.25) is 0 Å². The molecule has 2 heterocycles. The van der Waals surface area contributed by atoms with E-state index in [1.807, 2.05) is 0 Å². The quantitative estimate of drug-likeness (QED) is 0.0215. The van der Waals surface area contributed by atoms with Gasteiger partial charge in [0.2, 0.25) is 11.5 Å². The molecule has 0 saturated carbocycles. The molecule has 514 valence electrons. The fraction of sp³-hybridized carbons (Fsp3) is 0.581. The van der Waals surface area contributed by atoms with Crippen LogP contribution in [0.5, 0.6) is 34.5 Å². The minimum atomic E-state index is 0.664. The Morgan fingerprint density at radius 1 is 0.245 bits per heavy atom. The normalized spacial score (nSPS) is 11.5. The molecule has 8 heteroatoms. The van der Waals surface area contributed by atoms with Crippen LogP contribution >= 0.6 is 0 Å². The molecule has 2 aromatic heterocycles. The van der Waals surface area contributed by atoms with E-state index < -0.39 is 0 Å². The van der Waals surface area contributed by atoms with Gasteiger partial charge in [-0.15, -0.1) is 0 Å². The summed E-state index contributed by atoms with van der Waals surface area (Å²) >= 11 is 0. The maximum absolute atomic E-state index is 6.73. The van der Waals surface area contributed by atoms with Crippen LogP contribution in [0.2, 0.25) is 0 Å². The van der Waals surface area contributed by atoms with E-state index in [-0.39, 0.29) is 0 Å². The summed E-state index contributed by atoms with van der Waals surface area (Å²) in [6.45, 7) is 19.0. The van der Waals surface area contributed by atoms with Crippen molar-refractivity contribution in [3.05, 3.63) is 133 Å². The molecular formula is C86H126N2O6+2. The standard InChI is InChI=1S/C86H126N2O6/c1-7-13-19-25-31-41-59-89-79-65-71(66-80(90-60-42-32-26-20-14-8-2)85(79)93-63-45-35-29-23-17-11-5)69-87-55-51-73(52-56-87)83-75-47-37-39-49-77(75)84(78-50-40-38-48-76(78)83)74-53-57-88(58-54-74)70-72-67-81(91-61-43-33-27-21-15-9-3)86(94-64-46-36-30-24-18-12-6)82(68-72)92-62-44-34-28-22-16-10-4/h37-40,47-58,65-68H,7-36,41-46,59-64,69-70H2,1-6H3/q+2. The van der Waals surface area contributed by atoms with Crippen LogP contribution in [0.3, 0.4) is 0 Å². The van der Waals surface area contributed by atoms with Crippen molar-refractivity contribution >= 4 is 21.5 Å². The molecule has 5 aromatic carbocycles. The highest BCUT2D eigenvalue weighted by molar-refractivity contribution is 6.21. The zero-order chi connectivity index (χ0) is 65.9. The molecule has 7 aromatic rings. The summed E-state index contributed by atoms with van der Waals surface area (Å²) in [6, 6.07) is 36.0. The minimum Gasteiger partial charge on any atom is -0.490 e. The number of benzene rings is 5. The second kappa shape index (κ2) is 46.0. The molecule has 8 nitrogen and oxygen atoms in total. The summed E-state index contributed by atoms with van der Waals surface area (Å²) in [6.07, 6.45) is 52.8. The summed E-state index contributed by atoms with van der Waals surface area (Å²) < 4.78 is 44.9. The Morgan fingerprint density at radius 2 is 0.457 bits per heavy atom. The van der Waals surface area contributed by atoms with Crippen LogP contribution in [0.15, 0.2) is 122 Å². The van der Waals surface area contributed by atoms with Gasteiger partial charge in [-0.1, -0.05) is 283 Å². The van der Waals surface area contributed by atoms with Crippen molar-refractivity contribution in [2.75, 3.05) is 39.6 Å². The molecule has 7 rings (SSSR count). The van der Waals surface area contributed by atoms with Gasteiger partial charge in [0.05, 0.1) is 39.6 Å². The molecule has 0 atom stereocenters. The van der Waals surface area contributed by atoms with Crippen molar-refractivity contribution in [2.45, 2.75) is 286 Å². The molecule has 0 spiro atoms. The van der Waals surface area contributed by atoms with Crippen molar-refractivity contribution in [3.63, 3.8) is 0 Å². The van der Waals surface area contributed by atoms with Gasteiger partial charge in [-0.05, 0) is 107 Å². The van der Waals surface area contributed by atoms with Crippen LogP contribution in [0, 0.1) is 0 Å². The Kier molecular flexibility index (Phi) is 36.7.